The number of methoxy groups -OCH3 is 2. The van der Waals surface area contributed by atoms with E-state index in [-0.39, 0.29) is 19.1 Å². The van der Waals surface area contributed by atoms with Crippen LogP contribution in [0.3, 0.4) is 0 Å². The quantitative estimate of drug-likeness (QED) is 0.414. The van der Waals surface area contributed by atoms with Crippen LogP contribution in [0.4, 0.5) is 5.69 Å². The van der Waals surface area contributed by atoms with E-state index < -0.39 is 11.5 Å². The van der Waals surface area contributed by atoms with Gasteiger partial charge in [-0.05, 0) is 48.9 Å². The van der Waals surface area contributed by atoms with E-state index in [2.05, 4.69) is 10.6 Å². The minimum absolute atomic E-state index is 0.213. The predicted molar refractivity (Wildman–Crippen MR) is 124 cm³/mol. The number of halogens is 1. The maximum atomic E-state index is 12.5. The van der Waals surface area contributed by atoms with Crippen molar-refractivity contribution < 1.29 is 28.5 Å². The van der Waals surface area contributed by atoms with Gasteiger partial charge >= 0.3 is 5.97 Å². The van der Waals surface area contributed by atoms with Crippen LogP contribution < -0.4 is 24.8 Å². The Hall–Kier alpha value is -3.04. The van der Waals surface area contributed by atoms with Crippen molar-refractivity contribution in [1.29, 1.82) is 0 Å². The Morgan fingerprint density at radius 3 is 2.62 bits per heavy atom. The fourth-order valence-corrected chi connectivity index (χ4v) is 4.03. The molecule has 2 N–H and O–H groups in total. The molecule has 0 bridgehead atoms. The van der Waals surface area contributed by atoms with Crippen molar-refractivity contribution in [2.45, 2.75) is 12.4 Å². The van der Waals surface area contributed by atoms with E-state index in [9.17, 15) is 9.59 Å². The number of carbonyl (C=O) groups is 2. The summed E-state index contributed by atoms with van der Waals surface area (Å²) in [5.41, 5.74) is 1.02. The van der Waals surface area contributed by atoms with Crippen molar-refractivity contribution in [1.82, 2.24) is 5.32 Å². The van der Waals surface area contributed by atoms with Crippen LogP contribution in [0.1, 0.15) is 12.5 Å². The largest absolute Gasteiger partial charge is 0.495 e. The highest BCUT2D eigenvalue weighted by atomic mass is 35.5. The van der Waals surface area contributed by atoms with E-state index in [1.165, 1.54) is 18.9 Å². The van der Waals surface area contributed by atoms with Crippen LogP contribution in [-0.2, 0) is 14.3 Å². The number of hydrogen-bond donors (Lipinski definition) is 2. The summed E-state index contributed by atoms with van der Waals surface area (Å²) in [6, 6.07) is 10.4. The second-order valence-corrected chi connectivity index (χ2v) is 8.06. The normalized spacial score (nSPS) is 16.4. The lowest BCUT2D eigenvalue weighted by Crippen LogP contribution is -2.31. The van der Waals surface area contributed by atoms with Gasteiger partial charge in [-0.25, -0.2) is 4.79 Å². The van der Waals surface area contributed by atoms with Gasteiger partial charge in [0.15, 0.2) is 23.6 Å². The third-order valence-corrected chi connectivity index (χ3v) is 5.58. The number of hydrogen-bond acceptors (Lipinski definition) is 8. The number of benzene rings is 2. The van der Waals surface area contributed by atoms with E-state index in [0.717, 1.165) is 5.56 Å². The first-order chi connectivity index (χ1) is 15.4. The van der Waals surface area contributed by atoms with Crippen molar-refractivity contribution in [2.75, 3.05) is 32.8 Å². The zero-order chi connectivity index (χ0) is 23.1. The summed E-state index contributed by atoms with van der Waals surface area (Å²) in [5.74, 6) is 0.777. The average molecular weight is 479 g/mol. The highest BCUT2D eigenvalue weighted by Gasteiger charge is 2.28. The third-order valence-electron chi connectivity index (χ3n) is 4.32. The molecule has 0 saturated carbocycles. The summed E-state index contributed by atoms with van der Waals surface area (Å²) in [7, 11) is 3.06. The van der Waals surface area contributed by atoms with Gasteiger partial charge in [0.25, 0.3) is 5.91 Å². The van der Waals surface area contributed by atoms with Crippen molar-refractivity contribution >= 4 is 47.0 Å². The SMILES string of the molecule is CCOC(=O)COc1ccc(/C=C2\SC(Nc3cc(Cl)ccc3OC)NC2=O)cc1OC. The molecular weight excluding hydrogens is 456 g/mol. The van der Waals surface area contributed by atoms with Crippen molar-refractivity contribution in [3.05, 3.63) is 51.9 Å². The molecule has 1 aliphatic rings. The van der Waals surface area contributed by atoms with Crippen molar-refractivity contribution in [2.24, 2.45) is 0 Å². The fraction of sp³-hybridized carbons (Fsp3) is 0.273. The van der Waals surface area contributed by atoms with Gasteiger partial charge in [-0.2, -0.15) is 0 Å². The zero-order valence-electron chi connectivity index (χ0n) is 17.8. The Morgan fingerprint density at radius 2 is 1.91 bits per heavy atom. The summed E-state index contributed by atoms with van der Waals surface area (Å²) in [5, 5.41) is 6.63. The number of rotatable bonds is 9. The Balaban J connectivity index is 1.71. The van der Waals surface area contributed by atoms with Gasteiger partial charge in [-0.15, -0.1) is 0 Å². The first kappa shape index (κ1) is 23.6. The Kier molecular flexibility index (Phi) is 8.13. The molecule has 8 nitrogen and oxygen atoms in total. The van der Waals surface area contributed by atoms with E-state index in [0.29, 0.717) is 32.9 Å². The third kappa shape index (κ3) is 6.02. The number of ether oxygens (including phenoxy) is 4. The Labute approximate surface area is 195 Å². The van der Waals surface area contributed by atoms with Gasteiger partial charge in [0.05, 0.1) is 31.4 Å². The number of anilines is 1. The second kappa shape index (κ2) is 11.0. The van der Waals surface area contributed by atoms with Gasteiger partial charge in [0.2, 0.25) is 0 Å². The van der Waals surface area contributed by atoms with E-state index >= 15 is 0 Å². The molecule has 1 aliphatic heterocycles. The van der Waals surface area contributed by atoms with E-state index in [1.807, 2.05) is 0 Å². The van der Waals surface area contributed by atoms with E-state index in [1.54, 1.807) is 56.5 Å². The lowest BCUT2D eigenvalue weighted by atomic mass is 10.2. The number of thioether (sulfide) groups is 1. The molecule has 0 aromatic heterocycles. The molecule has 170 valence electrons. The van der Waals surface area contributed by atoms with Gasteiger partial charge in [0, 0.05) is 5.02 Å². The Morgan fingerprint density at radius 1 is 1.16 bits per heavy atom. The summed E-state index contributed by atoms with van der Waals surface area (Å²) in [6.45, 7) is 1.79. The molecule has 3 rings (SSSR count). The van der Waals surface area contributed by atoms with Crippen LogP contribution in [0, 0.1) is 0 Å². The van der Waals surface area contributed by atoms with Crippen LogP contribution in [0.5, 0.6) is 17.2 Å². The summed E-state index contributed by atoms with van der Waals surface area (Å²) < 4.78 is 21.0. The van der Waals surface area contributed by atoms with Crippen LogP contribution in [0.15, 0.2) is 41.3 Å². The van der Waals surface area contributed by atoms with Crippen LogP contribution in [-0.4, -0.2) is 44.8 Å². The molecule has 2 aromatic carbocycles. The first-order valence-corrected chi connectivity index (χ1v) is 10.9. The molecule has 1 heterocycles. The second-order valence-electron chi connectivity index (χ2n) is 6.47. The zero-order valence-corrected chi connectivity index (χ0v) is 19.3. The van der Waals surface area contributed by atoms with Gasteiger partial charge in [-0.1, -0.05) is 29.4 Å². The molecule has 10 heteroatoms. The van der Waals surface area contributed by atoms with E-state index in [4.69, 9.17) is 30.5 Å². The lowest BCUT2D eigenvalue weighted by molar-refractivity contribution is -0.145. The number of carbonyl (C=O) groups excluding carboxylic acids is 2. The van der Waals surface area contributed by atoms with Gasteiger partial charge < -0.3 is 29.6 Å². The molecule has 0 aliphatic carbocycles. The number of esters is 1. The van der Waals surface area contributed by atoms with Crippen LogP contribution >= 0.6 is 23.4 Å². The molecule has 32 heavy (non-hydrogen) atoms. The molecule has 0 radical (unpaired) electrons. The number of amides is 1. The maximum Gasteiger partial charge on any atom is 0.344 e. The van der Waals surface area contributed by atoms with Crippen LogP contribution in [0.2, 0.25) is 5.02 Å². The van der Waals surface area contributed by atoms with Crippen LogP contribution in [0.25, 0.3) is 6.08 Å². The molecular formula is C22H23ClN2O6S. The van der Waals surface area contributed by atoms with Gasteiger partial charge in [-0.3, -0.25) is 4.79 Å². The minimum atomic E-state index is -0.463. The molecule has 2 aromatic rings. The number of nitrogens with one attached hydrogen (secondary N) is 2. The minimum Gasteiger partial charge on any atom is -0.495 e. The molecule has 1 unspecified atom stereocenters. The molecule has 1 amide bonds. The van der Waals surface area contributed by atoms with Crippen molar-refractivity contribution in [3.63, 3.8) is 0 Å². The molecule has 0 spiro atoms. The molecule has 1 saturated heterocycles. The summed E-state index contributed by atoms with van der Waals surface area (Å²) >= 11 is 7.40. The topological polar surface area (TPSA) is 95.1 Å². The average Bonchev–Trinajstić information content (AvgIpc) is 3.11. The highest BCUT2D eigenvalue weighted by molar-refractivity contribution is 8.05. The summed E-state index contributed by atoms with van der Waals surface area (Å²) in [4.78, 5) is 24.5. The first-order valence-electron chi connectivity index (χ1n) is 9.69. The monoisotopic (exact) mass is 478 g/mol. The van der Waals surface area contributed by atoms with Gasteiger partial charge in [0.1, 0.15) is 5.75 Å². The Bertz CT molecular complexity index is 1030. The smallest absolute Gasteiger partial charge is 0.344 e. The summed E-state index contributed by atoms with van der Waals surface area (Å²) in [6.07, 6.45) is 1.74. The fourth-order valence-electron chi connectivity index (χ4n) is 2.88. The predicted octanol–water partition coefficient (Wildman–Crippen LogP) is 3.90. The molecule has 1 atom stereocenters. The lowest BCUT2D eigenvalue weighted by Gasteiger charge is -2.15. The van der Waals surface area contributed by atoms with Crippen molar-refractivity contribution in [3.8, 4) is 17.2 Å². The standard InChI is InChI=1S/C22H23ClN2O6S/c1-4-30-20(26)12-31-17-7-5-13(9-18(17)29-3)10-19-21(27)25-22(32-19)24-15-11-14(23)6-8-16(15)28-2/h5-11,22,24H,4,12H2,1-3H3,(H,25,27)/b19-10-. The molecule has 1 fully saturated rings. The highest BCUT2D eigenvalue weighted by Crippen LogP contribution is 2.35. The maximum absolute atomic E-state index is 12.5.